The van der Waals surface area contributed by atoms with E-state index in [2.05, 4.69) is 10.3 Å². The summed E-state index contributed by atoms with van der Waals surface area (Å²) in [4.78, 5) is 32.2. The van der Waals surface area contributed by atoms with Crippen molar-refractivity contribution in [1.82, 2.24) is 15.2 Å². The number of methoxy groups -OCH3 is 2. The first-order valence-corrected chi connectivity index (χ1v) is 8.57. The van der Waals surface area contributed by atoms with E-state index in [1.165, 1.54) is 4.90 Å². The Morgan fingerprint density at radius 1 is 1.19 bits per heavy atom. The number of pyridine rings is 1. The largest absolute Gasteiger partial charge is 0.497 e. The van der Waals surface area contributed by atoms with Gasteiger partial charge in [-0.25, -0.2) is 4.79 Å². The predicted molar refractivity (Wildman–Crippen MR) is 99.9 cm³/mol. The molecule has 0 unspecified atom stereocenters. The number of amides is 3. The number of aromatic nitrogens is 1. The number of nitrogens with one attached hydrogen (secondary N) is 1. The molecular formula is C19H22N4O4. The van der Waals surface area contributed by atoms with E-state index >= 15 is 0 Å². The molecule has 1 aromatic carbocycles. The highest BCUT2D eigenvalue weighted by Crippen LogP contribution is 2.34. The molecule has 1 N–H and O–H groups in total. The van der Waals surface area contributed by atoms with E-state index in [0.717, 1.165) is 5.69 Å². The van der Waals surface area contributed by atoms with Gasteiger partial charge in [-0.1, -0.05) is 6.07 Å². The number of hydrogen-bond donors (Lipinski definition) is 1. The lowest BCUT2D eigenvalue weighted by Crippen LogP contribution is -2.39. The fourth-order valence-electron chi connectivity index (χ4n) is 2.88. The highest BCUT2D eigenvalue weighted by Gasteiger charge is 2.32. The summed E-state index contributed by atoms with van der Waals surface area (Å²) in [6.45, 7) is 1.25. The van der Waals surface area contributed by atoms with Crippen LogP contribution in [0, 0.1) is 0 Å². The maximum Gasteiger partial charge on any atom is 0.325 e. The lowest BCUT2D eigenvalue weighted by molar-refractivity contribution is -0.121. The number of benzene rings is 1. The number of carbonyl (C=O) groups excluding carboxylic acids is 2. The van der Waals surface area contributed by atoms with Crippen LogP contribution < -0.4 is 19.7 Å². The zero-order valence-electron chi connectivity index (χ0n) is 15.3. The van der Waals surface area contributed by atoms with E-state index in [1.54, 1.807) is 43.5 Å². The van der Waals surface area contributed by atoms with Crippen LogP contribution in [0.3, 0.4) is 0 Å². The van der Waals surface area contributed by atoms with Crippen molar-refractivity contribution in [3.63, 3.8) is 0 Å². The summed E-state index contributed by atoms with van der Waals surface area (Å²) in [6.07, 6.45) is 1.67. The molecule has 0 atom stereocenters. The van der Waals surface area contributed by atoms with Gasteiger partial charge in [-0.3, -0.25) is 14.7 Å². The lowest BCUT2D eigenvalue weighted by atomic mass is 10.2. The molecule has 1 fully saturated rings. The molecule has 27 heavy (non-hydrogen) atoms. The molecule has 1 aliphatic rings. The molecule has 0 radical (unpaired) electrons. The summed E-state index contributed by atoms with van der Waals surface area (Å²) in [5.41, 5.74) is 1.39. The van der Waals surface area contributed by atoms with Crippen LogP contribution in [0.4, 0.5) is 10.5 Å². The maximum atomic E-state index is 12.7. The van der Waals surface area contributed by atoms with Gasteiger partial charge >= 0.3 is 6.03 Å². The molecule has 142 valence electrons. The van der Waals surface area contributed by atoms with Crippen molar-refractivity contribution in [2.75, 3.05) is 38.8 Å². The van der Waals surface area contributed by atoms with Crippen LogP contribution >= 0.6 is 0 Å². The molecular weight excluding hydrogens is 348 g/mol. The number of hydrogen-bond acceptors (Lipinski definition) is 5. The van der Waals surface area contributed by atoms with E-state index in [0.29, 0.717) is 36.8 Å². The first-order valence-electron chi connectivity index (χ1n) is 8.57. The van der Waals surface area contributed by atoms with Gasteiger partial charge in [-0.15, -0.1) is 0 Å². The van der Waals surface area contributed by atoms with E-state index in [-0.39, 0.29) is 18.5 Å². The number of nitrogens with zero attached hydrogens (tertiary/aromatic N) is 3. The molecule has 8 heteroatoms. The van der Waals surface area contributed by atoms with Crippen molar-refractivity contribution in [3.8, 4) is 11.5 Å². The molecule has 0 aliphatic carbocycles. The minimum Gasteiger partial charge on any atom is -0.497 e. The third-order valence-corrected chi connectivity index (χ3v) is 4.30. The van der Waals surface area contributed by atoms with Crippen LogP contribution in [0.15, 0.2) is 42.6 Å². The van der Waals surface area contributed by atoms with E-state index in [9.17, 15) is 9.59 Å². The molecule has 0 saturated carbocycles. The van der Waals surface area contributed by atoms with Crippen LogP contribution in [0.2, 0.25) is 0 Å². The van der Waals surface area contributed by atoms with Gasteiger partial charge in [0.1, 0.15) is 18.0 Å². The fourth-order valence-corrected chi connectivity index (χ4v) is 2.88. The Balaban J connectivity index is 1.62. The van der Waals surface area contributed by atoms with Crippen LogP contribution in [0.25, 0.3) is 0 Å². The second kappa shape index (κ2) is 8.39. The van der Waals surface area contributed by atoms with Crippen LogP contribution in [0.5, 0.6) is 11.5 Å². The second-order valence-electron chi connectivity index (χ2n) is 5.99. The smallest absolute Gasteiger partial charge is 0.325 e. The van der Waals surface area contributed by atoms with Gasteiger partial charge in [-0.2, -0.15) is 0 Å². The quantitative estimate of drug-likeness (QED) is 0.801. The molecule has 2 heterocycles. The Bertz CT molecular complexity index is 813. The topological polar surface area (TPSA) is 84.0 Å². The van der Waals surface area contributed by atoms with Crippen molar-refractivity contribution in [1.29, 1.82) is 0 Å². The zero-order valence-corrected chi connectivity index (χ0v) is 15.3. The Morgan fingerprint density at radius 3 is 2.74 bits per heavy atom. The van der Waals surface area contributed by atoms with Gasteiger partial charge in [0.05, 0.1) is 32.1 Å². The third kappa shape index (κ3) is 4.28. The molecule has 2 aromatic rings. The molecule has 1 aromatic heterocycles. The van der Waals surface area contributed by atoms with Gasteiger partial charge < -0.3 is 19.7 Å². The monoisotopic (exact) mass is 370 g/mol. The Morgan fingerprint density at radius 2 is 2.04 bits per heavy atom. The summed E-state index contributed by atoms with van der Waals surface area (Å²) in [5.74, 6) is 0.976. The standard InChI is InChI=1S/C19H22N4O4/c1-26-15-6-7-17(27-2)16(11-15)23-10-9-22(19(23)25)13-18(24)21-12-14-5-3-4-8-20-14/h3-8,11H,9-10,12-13H2,1-2H3,(H,21,24). The number of carbonyl (C=O) groups is 2. The van der Waals surface area contributed by atoms with Gasteiger partial charge in [0.2, 0.25) is 5.91 Å². The predicted octanol–water partition coefficient (Wildman–Crippen LogP) is 1.66. The highest BCUT2D eigenvalue weighted by atomic mass is 16.5. The molecule has 3 rings (SSSR count). The van der Waals surface area contributed by atoms with Gasteiger partial charge in [0.25, 0.3) is 0 Å². The van der Waals surface area contributed by atoms with Crippen molar-refractivity contribution in [3.05, 3.63) is 48.3 Å². The van der Waals surface area contributed by atoms with Gasteiger partial charge in [-0.05, 0) is 24.3 Å². The summed E-state index contributed by atoms with van der Waals surface area (Å²) in [6, 6.07) is 10.5. The Kier molecular flexibility index (Phi) is 5.75. The summed E-state index contributed by atoms with van der Waals surface area (Å²) in [7, 11) is 3.12. The molecule has 1 saturated heterocycles. The SMILES string of the molecule is COc1ccc(OC)c(N2CCN(CC(=O)NCc3ccccn3)C2=O)c1. The van der Waals surface area contributed by atoms with Crippen molar-refractivity contribution < 1.29 is 19.1 Å². The third-order valence-electron chi connectivity index (χ3n) is 4.30. The maximum absolute atomic E-state index is 12.7. The second-order valence-corrected chi connectivity index (χ2v) is 5.99. The molecule has 8 nitrogen and oxygen atoms in total. The van der Waals surface area contributed by atoms with Crippen LogP contribution in [-0.4, -0.2) is 55.7 Å². The number of ether oxygens (including phenoxy) is 2. The lowest BCUT2D eigenvalue weighted by Gasteiger charge is -2.21. The van der Waals surface area contributed by atoms with Crippen LogP contribution in [-0.2, 0) is 11.3 Å². The summed E-state index contributed by atoms with van der Waals surface area (Å²) in [5, 5.41) is 2.78. The van der Waals surface area contributed by atoms with Crippen LogP contribution in [0.1, 0.15) is 5.69 Å². The zero-order chi connectivity index (χ0) is 19.2. The minimum absolute atomic E-state index is 0.00551. The van der Waals surface area contributed by atoms with Crippen molar-refractivity contribution in [2.24, 2.45) is 0 Å². The average molecular weight is 370 g/mol. The molecule has 1 aliphatic heterocycles. The van der Waals surface area contributed by atoms with E-state index in [4.69, 9.17) is 9.47 Å². The molecule has 0 spiro atoms. The molecule has 0 bridgehead atoms. The number of rotatable bonds is 7. The summed E-state index contributed by atoms with van der Waals surface area (Å²) >= 11 is 0. The fraction of sp³-hybridized carbons (Fsp3) is 0.316. The summed E-state index contributed by atoms with van der Waals surface area (Å²) < 4.78 is 10.6. The Hall–Kier alpha value is -3.29. The number of urea groups is 1. The Labute approximate surface area is 157 Å². The number of anilines is 1. The first-order chi connectivity index (χ1) is 13.1. The minimum atomic E-state index is -0.241. The first kappa shape index (κ1) is 18.5. The van der Waals surface area contributed by atoms with Crippen molar-refractivity contribution in [2.45, 2.75) is 6.54 Å². The normalized spacial score (nSPS) is 13.6. The van der Waals surface area contributed by atoms with Gasteiger partial charge in [0.15, 0.2) is 0 Å². The van der Waals surface area contributed by atoms with Gasteiger partial charge in [0, 0.05) is 25.4 Å². The molecule has 3 amide bonds. The van der Waals surface area contributed by atoms with E-state index < -0.39 is 0 Å². The van der Waals surface area contributed by atoms with Crippen molar-refractivity contribution >= 4 is 17.6 Å². The highest BCUT2D eigenvalue weighted by molar-refractivity contribution is 5.97. The van der Waals surface area contributed by atoms with E-state index in [1.807, 2.05) is 18.2 Å². The average Bonchev–Trinajstić information content (AvgIpc) is 3.06.